The molecule has 4 rings (SSSR count). The molecule has 7 heteroatoms. The molecule has 0 radical (unpaired) electrons. The highest BCUT2D eigenvalue weighted by Gasteiger charge is 2.40. The Morgan fingerprint density at radius 1 is 1.16 bits per heavy atom. The first-order valence-electron chi connectivity index (χ1n) is 10.5. The molecule has 1 aliphatic heterocycles. The van der Waals surface area contributed by atoms with Crippen molar-refractivity contribution >= 4 is 17.4 Å². The summed E-state index contributed by atoms with van der Waals surface area (Å²) in [4.78, 5) is 13.0. The second-order valence-electron chi connectivity index (χ2n) is 8.12. The van der Waals surface area contributed by atoms with Crippen LogP contribution >= 0.6 is 11.6 Å². The van der Waals surface area contributed by atoms with E-state index in [4.69, 9.17) is 22.1 Å². The number of ether oxygens (including phenoxy) is 1. The highest BCUT2D eigenvalue weighted by atomic mass is 35.5. The summed E-state index contributed by atoms with van der Waals surface area (Å²) in [6, 6.07) is 17.3. The van der Waals surface area contributed by atoms with Crippen molar-refractivity contribution in [2.75, 3.05) is 14.1 Å². The lowest BCUT2D eigenvalue weighted by atomic mass is 9.76. The summed E-state index contributed by atoms with van der Waals surface area (Å²) in [7, 11) is 3.72. The van der Waals surface area contributed by atoms with Crippen LogP contribution in [0.25, 0.3) is 0 Å². The Labute approximate surface area is 193 Å². The van der Waals surface area contributed by atoms with Crippen LogP contribution in [0.15, 0.2) is 71.2 Å². The first kappa shape index (κ1) is 21.9. The molecule has 0 fully saturated rings. The summed E-state index contributed by atoms with van der Waals surface area (Å²) >= 11 is 5.93. The second-order valence-corrected chi connectivity index (χ2v) is 8.56. The van der Waals surface area contributed by atoms with Crippen molar-refractivity contribution in [3.05, 3.63) is 87.3 Å². The highest BCUT2D eigenvalue weighted by molar-refractivity contribution is 6.30. The van der Waals surface area contributed by atoms with Crippen LogP contribution in [0, 0.1) is 11.3 Å². The smallest absolute Gasteiger partial charge is 0.161 e. The van der Waals surface area contributed by atoms with E-state index in [1.54, 1.807) is 5.01 Å². The van der Waals surface area contributed by atoms with E-state index < -0.39 is 5.92 Å². The Morgan fingerprint density at radius 2 is 1.84 bits per heavy atom. The fourth-order valence-corrected chi connectivity index (χ4v) is 4.49. The van der Waals surface area contributed by atoms with E-state index in [1.807, 2.05) is 67.6 Å². The van der Waals surface area contributed by atoms with Gasteiger partial charge in [-0.2, -0.15) is 5.26 Å². The maximum absolute atomic E-state index is 13.0. The highest BCUT2D eigenvalue weighted by Crippen LogP contribution is 2.45. The molecule has 2 aromatic carbocycles. The maximum Gasteiger partial charge on any atom is 0.161 e. The Kier molecular flexibility index (Phi) is 6.22. The van der Waals surface area contributed by atoms with Crippen LogP contribution < -0.4 is 10.5 Å². The zero-order valence-electron chi connectivity index (χ0n) is 18.1. The van der Waals surface area contributed by atoms with Crippen LogP contribution in [0.2, 0.25) is 5.02 Å². The Balaban J connectivity index is 1.65. The topological polar surface area (TPSA) is 82.6 Å². The van der Waals surface area contributed by atoms with Crippen molar-refractivity contribution in [3.8, 4) is 11.8 Å². The van der Waals surface area contributed by atoms with Gasteiger partial charge in [0.25, 0.3) is 0 Å². The van der Waals surface area contributed by atoms with Gasteiger partial charge in [0, 0.05) is 36.8 Å². The zero-order chi connectivity index (χ0) is 22.8. The minimum absolute atomic E-state index is 0.0754. The van der Waals surface area contributed by atoms with Gasteiger partial charge >= 0.3 is 0 Å². The summed E-state index contributed by atoms with van der Waals surface area (Å²) in [6.07, 6.45) is 2.01. The largest absolute Gasteiger partial charge is 0.489 e. The number of nitriles is 1. The molecule has 1 atom stereocenters. The second kappa shape index (κ2) is 9.07. The number of hydrazine groups is 1. The number of carbonyl (C=O) groups is 1. The van der Waals surface area contributed by atoms with E-state index in [0.29, 0.717) is 40.8 Å². The predicted octanol–water partition coefficient (Wildman–Crippen LogP) is 4.50. The number of hydrogen-bond donors (Lipinski definition) is 1. The lowest BCUT2D eigenvalue weighted by molar-refractivity contribution is -0.116. The standard InChI is InChI=1S/C25H25ClN4O2/c1-29(2)30-21-4-3-5-22(31)24(21)23(20(14-27)25(30)28)17-8-12-19(13-9-17)32-15-16-6-10-18(26)11-7-16/h6-13,23H,3-5,15,28H2,1-2H3. The minimum Gasteiger partial charge on any atom is -0.489 e. The van der Waals surface area contributed by atoms with Crippen molar-refractivity contribution in [3.63, 3.8) is 0 Å². The number of benzene rings is 2. The normalized spacial score (nSPS) is 18.7. The molecule has 2 aliphatic rings. The average Bonchev–Trinajstić information content (AvgIpc) is 2.78. The van der Waals surface area contributed by atoms with Crippen LogP contribution in [0.5, 0.6) is 5.75 Å². The minimum atomic E-state index is -0.468. The molecule has 0 saturated carbocycles. The number of hydrogen-bond acceptors (Lipinski definition) is 6. The van der Waals surface area contributed by atoms with Crippen molar-refractivity contribution in [1.29, 1.82) is 5.26 Å². The SMILES string of the molecule is CN(C)N1C(N)=C(C#N)C(c2ccc(OCc3ccc(Cl)cc3)cc2)C2=C1CCCC2=O. The molecular formula is C25H25ClN4O2. The molecule has 0 bridgehead atoms. The monoisotopic (exact) mass is 448 g/mol. The van der Waals surface area contributed by atoms with E-state index in [2.05, 4.69) is 6.07 Å². The third kappa shape index (κ3) is 4.10. The lowest BCUT2D eigenvalue weighted by Gasteiger charge is -2.42. The van der Waals surface area contributed by atoms with Crippen molar-refractivity contribution < 1.29 is 9.53 Å². The predicted molar refractivity (Wildman–Crippen MR) is 123 cm³/mol. The van der Waals surface area contributed by atoms with Gasteiger partial charge in [-0.1, -0.05) is 35.9 Å². The number of rotatable bonds is 5. The van der Waals surface area contributed by atoms with E-state index in [0.717, 1.165) is 29.7 Å². The molecule has 1 aliphatic carbocycles. The fraction of sp³-hybridized carbons (Fsp3) is 0.280. The van der Waals surface area contributed by atoms with Crippen molar-refractivity contribution in [2.24, 2.45) is 5.73 Å². The van der Waals surface area contributed by atoms with Crippen molar-refractivity contribution in [1.82, 2.24) is 10.0 Å². The molecule has 1 unspecified atom stereocenters. The maximum atomic E-state index is 13.0. The number of nitrogens with zero attached hydrogens (tertiary/aromatic N) is 3. The Bertz CT molecular complexity index is 1130. The molecule has 0 spiro atoms. The number of carbonyl (C=O) groups excluding carboxylic acids is 1. The molecule has 164 valence electrons. The van der Waals surface area contributed by atoms with Gasteiger partial charge in [-0.15, -0.1) is 0 Å². The summed E-state index contributed by atoms with van der Waals surface area (Å²) in [5, 5.41) is 14.3. The van der Waals surface area contributed by atoms with Gasteiger partial charge in [0.15, 0.2) is 5.78 Å². The van der Waals surface area contributed by atoms with E-state index >= 15 is 0 Å². The van der Waals surface area contributed by atoms with Gasteiger partial charge in [0.1, 0.15) is 18.2 Å². The van der Waals surface area contributed by atoms with Crippen LogP contribution in [-0.4, -0.2) is 29.9 Å². The third-order valence-electron chi connectivity index (χ3n) is 5.82. The molecule has 32 heavy (non-hydrogen) atoms. The van der Waals surface area contributed by atoms with Crippen LogP contribution in [-0.2, 0) is 11.4 Å². The number of halogens is 1. The molecule has 6 nitrogen and oxygen atoms in total. The summed E-state index contributed by atoms with van der Waals surface area (Å²) in [6.45, 7) is 0.418. The van der Waals surface area contributed by atoms with Gasteiger partial charge in [-0.3, -0.25) is 9.80 Å². The molecule has 0 amide bonds. The molecular weight excluding hydrogens is 424 g/mol. The van der Waals surface area contributed by atoms with Gasteiger partial charge in [0.05, 0.1) is 17.6 Å². The van der Waals surface area contributed by atoms with Crippen LogP contribution in [0.4, 0.5) is 0 Å². The molecule has 1 heterocycles. The average molecular weight is 449 g/mol. The molecule has 0 aromatic heterocycles. The first-order valence-corrected chi connectivity index (χ1v) is 10.9. The number of Topliss-reactive ketones (excluding diaryl/α,β-unsaturated/α-hetero) is 1. The van der Waals surface area contributed by atoms with Crippen LogP contribution in [0.1, 0.15) is 36.3 Å². The van der Waals surface area contributed by atoms with Crippen molar-refractivity contribution in [2.45, 2.75) is 31.8 Å². The molecule has 2 N–H and O–H groups in total. The third-order valence-corrected chi connectivity index (χ3v) is 6.07. The quantitative estimate of drug-likeness (QED) is 0.725. The molecule has 0 saturated heterocycles. The first-order chi connectivity index (χ1) is 15.4. The number of ketones is 1. The summed E-state index contributed by atoms with van der Waals surface area (Å²) in [5.41, 5.74) is 10.2. The van der Waals surface area contributed by atoms with Crippen LogP contribution in [0.3, 0.4) is 0 Å². The van der Waals surface area contributed by atoms with Gasteiger partial charge < -0.3 is 10.5 Å². The number of nitrogens with two attached hydrogens (primary N) is 1. The summed E-state index contributed by atoms with van der Waals surface area (Å²) in [5.74, 6) is 0.684. The summed E-state index contributed by atoms with van der Waals surface area (Å²) < 4.78 is 5.89. The van der Waals surface area contributed by atoms with Gasteiger partial charge in [0.2, 0.25) is 0 Å². The Morgan fingerprint density at radius 3 is 2.47 bits per heavy atom. The van der Waals surface area contributed by atoms with E-state index in [1.165, 1.54) is 0 Å². The van der Waals surface area contributed by atoms with Gasteiger partial charge in [-0.05, 0) is 48.2 Å². The lowest BCUT2D eigenvalue weighted by Crippen LogP contribution is -2.45. The Hall–Kier alpha value is -3.27. The van der Waals surface area contributed by atoms with E-state index in [-0.39, 0.29) is 5.78 Å². The number of allylic oxidation sites excluding steroid dienone is 3. The molecule has 2 aromatic rings. The van der Waals surface area contributed by atoms with Gasteiger partial charge in [-0.25, -0.2) is 5.01 Å². The fourth-order valence-electron chi connectivity index (χ4n) is 4.36. The zero-order valence-corrected chi connectivity index (χ0v) is 18.9. The van der Waals surface area contributed by atoms with E-state index in [9.17, 15) is 10.1 Å².